The number of likely N-dealkylation sites (tertiary alicyclic amines) is 1. The zero-order chi connectivity index (χ0) is 14.6. The van der Waals surface area contributed by atoms with Crippen LogP contribution in [0.4, 0.5) is 0 Å². The van der Waals surface area contributed by atoms with Gasteiger partial charge in [0.15, 0.2) is 0 Å². The molecule has 1 fully saturated rings. The minimum Gasteiger partial charge on any atom is -0.481 e. The predicted octanol–water partition coefficient (Wildman–Crippen LogP) is 2.64. The highest BCUT2D eigenvalue weighted by Crippen LogP contribution is 2.34. The van der Waals surface area contributed by atoms with Crippen molar-refractivity contribution in [3.8, 4) is 6.07 Å². The Morgan fingerprint density at radius 1 is 1.50 bits per heavy atom. The van der Waals surface area contributed by atoms with Crippen molar-refractivity contribution in [2.24, 2.45) is 5.41 Å². The first-order valence-electron chi connectivity index (χ1n) is 7.05. The Hall–Kier alpha value is -1.86. The molecule has 1 aromatic rings. The molecule has 1 aromatic carbocycles. The smallest absolute Gasteiger partial charge is 0.310 e. The Balaban J connectivity index is 2.14. The standard InChI is InChI=1S/C16H20N2O2/c1-2-16(15(19)20)8-5-9-18(12-16)11-14-7-4-3-6-13(14)10-17/h3-4,6-7H,2,5,8-9,11-12H2,1H3,(H,19,20). The molecule has 0 aromatic heterocycles. The molecule has 4 heteroatoms. The number of carboxylic acids is 1. The van der Waals surface area contributed by atoms with Crippen LogP contribution in [-0.2, 0) is 11.3 Å². The Morgan fingerprint density at radius 2 is 2.25 bits per heavy atom. The van der Waals surface area contributed by atoms with Crippen LogP contribution >= 0.6 is 0 Å². The van der Waals surface area contributed by atoms with Crippen LogP contribution in [0, 0.1) is 16.7 Å². The van der Waals surface area contributed by atoms with Gasteiger partial charge in [-0.05, 0) is 37.4 Å². The number of nitrogens with zero attached hydrogens (tertiary/aromatic N) is 2. The molecule has 0 saturated carbocycles. The van der Waals surface area contributed by atoms with E-state index in [4.69, 9.17) is 5.26 Å². The average Bonchev–Trinajstić information content (AvgIpc) is 2.47. The number of carboxylic acid groups (broad SMARTS) is 1. The molecule has 106 valence electrons. The number of benzene rings is 1. The lowest BCUT2D eigenvalue weighted by atomic mass is 9.77. The molecule has 0 radical (unpaired) electrons. The molecule has 1 N–H and O–H groups in total. The zero-order valence-electron chi connectivity index (χ0n) is 11.8. The van der Waals surface area contributed by atoms with E-state index in [0.29, 0.717) is 25.1 Å². The van der Waals surface area contributed by atoms with Crippen LogP contribution in [0.1, 0.15) is 37.3 Å². The molecular formula is C16H20N2O2. The van der Waals surface area contributed by atoms with E-state index >= 15 is 0 Å². The summed E-state index contributed by atoms with van der Waals surface area (Å²) in [4.78, 5) is 13.7. The molecule has 2 rings (SSSR count). The fourth-order valence-corrected chi connectivity index (χ4v) is 2.98. The maximum Gasteiger partial charge on any atom is 0.310 e. The van der Waals surface area contributed by atoms with Crippen LogP contribution in [-0.4, -0.2) is 29.1 Å². The molecule has 1 atom stereocenters. The summed E-state index contributed by atoms with van der Waals surface area (Å²) in [6.07, 6.45) is 2.29. The second-order valence-electron chi connectivity index (χ2n) is 5.52. The predicted molar refractivity (Wildman–Crippen MR) is 76.0 cm³/mol. The summed E-state index contributed by atoms with van der Waals surface area (Å²) in [5.74, 6) is -0.696. The number of nitriles is 1. The molecule has 4 nitrogen and oxygen atoms in total. The van der Waals surface area contributed by atoms with Crippen LogP contribution in [0.3, 0.4) is 0 Å². The van der Waals surface area contributed by atoms with E-state index in [1.807, 2.05) is 31.2 Å². The van der Waals surface area contributed by atoms with Gasteiger partial charge in [-0.2, -0.15) is 5.26 Å². The Kier molecular flexibility index (Phi) is 4.41. The topological polar surface area (TPSA) is 64.3 Å². The van der Waals surface area contributed by atoms with Gasteiger partial charge in [-0.15, -0.1) is 0 Å². The summed E-state index contributed by atoms with van der Waals surface area (Å²) < 4.78 is 0. The van der Waals surface area contributed by atoms with Crippen molar-refractivity contribution in [2.75, 3.05) is 13.1 Å². The first-order chi connectivity index (χ1) is 9.61. The Morgan fingerprint density at radius 3 is 2.90 bits per heavy atom. The highest BCUT2D eigenvalue weighted by atomic mass is 16.4. The van der Waals surface area contributed by atoms with Gasteiger partial charge in [0.1, 0.15) is 0 Å². The molecule has 1 saturated heterocycles. The minimum atomic E-state index is -0.696. The lowest BCUT2D eigenvalue weighted by molar-refractivity contribution is -0.153. The maximum atomic E-state index is 11.5. The van der Waals surface area contributed by atoms with E-state index in [1.165, 1.54) is 0 Å². The third-order valence-corrected chi connectivity index (χ3v) is 4.32. The van der Waals surface area contributed by atoms with E-state index in [-0.39, 0.29) is 0 Å². The Bertz CT molecular complexity index is 536. The summed E-state index contributed by atoms with van der Waals surface area (Å²) in [6.45, 7) is 4.06. The summed E-state index contributed by atoms with van der Waals surface area (Å²) in [5, 5.41) is 18.6. The van der Waals surface area contributed by atoms with Crippen molar-refractivity contribution in [2.45, 2.75) is 32.7 Å². The summed E-state index contributed by atoms with van der Waals surface area (Å²) in [7, 11) is 0. The molecule has 1 unspecified atom stereocenters. The molecule has 1 aliphatic heterocycles. The van der Waals surface area contributed by atoms with Crippen LogP contribution in [0.5, 0.6) is 0 Å². The normalized spacial score (nSPS) is 23.2. The Labute approximate surface area is 119 Å². The number of carbonyl (C=O) groups is 1. The molecule has 0 spiro atoms. The molecule has 0 aliphatic carbocycles. The van der Waals surface area contributed by atoms with Crippen molar-refractivity contribution in [3.63, 3.8) is 0 Å². The minimum absolute atomic E-state index is 0.568. The monoisotopic (exact) mass is 272 g/mol. The van der Waals surface area contributed by atoms with Gasteiger partial charge >= 0.3 is 5.97 Å². The number of hydrogen-bond acceptors (Lipinski definition) is 3. The van der Waals surface area contributed by atoms with Gasteiger partial charge in [0, 0.05) is 13.1 Å². The quantitative estimate of drug-likeness (QED) is 0.915. The zero-order valence-corrected chi connectivity index (χ0v) is 11.8. The third-order valence-electron chi connectivity index (χ3n) is 4.32. The van der Waals surface area contributed by atoms with Crippen LogP contribution in [0.25, 0.3) is 0 Å². The van der Waals surface area contributed by atoms with Crippen LogP contribution in [0.2, 0.25) is 0 Å². The van der Waals surface area contributed by atoms with E-state index in [9.17, 15) is 9.90 Å². The number of aliphatic carboxylic acids is 1. The summed E-state index contributed by atoms with van der Waals surface area (Å²) in [6, 6.07) is 9.73. The van der Waals surface area contributed by atoms with Crippen molar-refractivity contribution < 1.29 is 9.90 Å². The molecule has 20 heavy (non-hydrogen) atoms. The van der Waals surface area contributed by atoms with Crippen molar-refractivity contribution in [1.29, 1.82) is 5.26 Å². The van der Waals surface area contributed by atoms with Gasteiger partial charge in [-0.1, -0.05) is 25.1 Å². The third kappa shape index (κ3) is 2.83. The van der Waals surface area contributed by atoms with Gasteiger partial charge in [-0.25, -0.2) is 0 Å². The number of rotatable bonds is 4. The average molecular weight is 272 g/mol. The van der Waals surface area contributed by atoms with E-state index in [2.05, 4.69) is 11.0 Å². The van der Waals surface area contributed by atoms with Gasteiger partial charge in [0.2, 0.25) is 0 Å². The van der Waals surface area contributed by atoms with Crippen molar-refractivity contribution in [3.05, 3.63) is 35.4 Å². The second-order valence-corrected chi connectivity index (χ2v) is 5.52. The van der Waals surface area contributed by atoms with Crippen LogP contribution < -0.4 is 0 Å². The lowest BCUT2D eigenvalue weighted by Gasteiger charge is -2.39. The van der Waals surface area contributed by atoms with E-state index in [1.54, 1.807) is 0 Å². The maximum absolute atomic E-state index is 11.5. The molecule has 1 heterocycles. The largest absolute Gasteiger partial charge is 0.481 e. The summed E-state index contributed by atoms with van der Waals surface area (Å²) >= 11 is 0. The van der Waals surface area contributed by atoms with Crippen molar-refractivity contribution >= 4 is 5.97 Å². The molecule has 0 amide bonds. The number of hydrogen-bond donors (Lipinski definition) is 1. The van der Waals surface area contributed by atoms with E-state index < -0.39 is 11.4 Å². The highest BCUT2D eigenvalue weighted by Gasteiger charge is 2.40. The van der Waals surface area contributed by atoms with Crippen LogP contribution in [0.15, 0.2) is 24.3 Å². The number of piperidine rings is 1. The lowest BCUT2D eigenvalue weighted by Crippen LogP contribution is -2.47. The highest BCUT2D eigenvalue weighted by molar-refractivity contribution is 5.75. The van der Waals surface area contributed by atoms with E-state index in [0.717, 1.165) is 24.9 Å². The fraction of sp³-hybridized carbons (Fsp3) is 0.500. The van der Waals surface area contributed by atoms with Gasteiger partial charge in [0.25, 0.3) is 0 Å². The molecule has 0 bridgehead atoms. The van der Waals surface area contributed by atoms with Gasteiger partial charge in [-0.3, -0.25) is 9.69 Å². The first kappa shape index (κ1) is 14.5. The van der Waals surface area contributed by atoms with Gasteiger partial charge in [0.05, 0.1) is 17.0 Å². The second kappa shape index (κ2) is 6.06. The summed E-state index contributed by atoms with van der Waals surface area (Å²) in [5.41, 5.74) is 1.03. The SMILES string of the molecule is CCC1(C(=O)O)CCCN(Cc2ccccc2C#N)C1. The molecule has 1 aliphatic rings. The fourth-order valence-electron chi connectivity index (χ4n) is 2.98. The van der Waals surface area contributed by atoms with Gasteiger partial charge < -0.3 is 5.11 Å². The molecular weight excluding hydrogens is 252 g/mol. The van der Waals surface area contributed by atoms with Crippen molar-refractivity contribution in [1.82, 2.24) is 4.90 Å². The first-order valence-corrected chi connectivity index (χ1v) is 7.05.